The Morgan fingerprint density at radius 3 is 1.25 bits per heavy atom. The molecule has 0 aliphatic carbocycles. The van der Waals surface area contributed by atoms with E-state index < -0.39 is 0 Å². The second-order valence-electron chi connectivity index (χ2n) is 8.49. The summed E-state index contributed by atoms with van der Waals surface area (Å²) in [5.41, 5.74) is 3.63. The monoisotopic (exact) mass is 480 g/mol. The maximum atomic E-state index is 14.3. The number of ether oxygens (including phenoxy) is 3. The van der Waals surface area contributed by atoms with Crippen LogP contribution in [0.15, 0.2) is 103 Å². The van der Waals surface area contributed by atoms with Crippen molar-refractivity contribution in [2.45, 2.75) is 12.1 Å². The molecule has 6 nitrogen and oxygen atoms in total. The van der Waals surface area contributed by atoms with Crippen molar-refractivity contribution in [1.82, 2.24) is 0 Å². The van der Waals surface area contributed by atoms with Gasteiger partial charge in [-0.25, -0.2) is 4.79 Å². The molecule has 0 saturated carbocycles. The predicted octanol–water partition coefficient (Wildman–Crippen LogP) is 6.64. The van der Waals surface area contributed by atoms with Gasteiger partial charge in [-0.3, -0.25) is 9.80 Å². The van der Waals surface area contributed by atoms with E-state index in [0.717, 1.165) is 39.8 Å². The Morgan fingerprint density at radius 2 is 0.861 bits per heavy atom. The van der Waals surface area contributed by atoms with Crippen LogP contribution in [0.5, 0.6) is 17.2 Å². The number of rotatable bonds is 7. The highest BCUT2D eigenvalue weighted by molar-refractivity contribution is 6.08. The summed E-state index contributed by atoms with van der Waals surface area (Å²) < 4.78 is 16.1. The minimum Gasteiger partial charge on any atom is -0.497 e. The van der Waals surface area contributed by atoms with E-state index in [1.165, 1.54) is 0 Å². The van der Waals surface area contributed by atoms with Crippen LogP contribution >= 0.6 is 0 Å². The average molecular weight is 481 g/mol. The molecule has 1 fully saturated rings. The van der Waals surface area contributed by atoms with Crippen LogP contribution in [0.4, 0.5) is 16.2 Å². The summed E-state index contributed by atoms with van der Waals surface area (Å²) >= 11 is 0. The number of methoxy groups -OCH3 is 3. The van der Waals surface area contributed by atoms with Crippen molar-refractivity contribution in [3.63, 3.8) is 0 Å². The highest BCUT2D eigenvalue weighted by atomic mass is 16.5. The molecule has 4 aromatic carbocycles. The number of anilines is 2. The molecule has 1 heterocycles. The molecule has 1 aliphatic heterocycles. The molecule has 2 atom stereocenters. The fraction of sp³-hybridized carbons (Fsp3) is 0.167. The Kier molecular flexibility index (Phi) is 6.50. The van der Waals surface area contributed by atoms with Crippen molar-refractivity contribution in [2.24, 2.45) is 0 Å². The fourth-order valence-electron chi connectivity index (χ4n) is 4.78. The lowest BCUT2D eigenvalue weighted by Crippen LogP contribution is -2.32. The largest absolute Gasteiger partial charge is 0.497 e. The average Bonchev–Trinajstić information content (AvgIpc) is 3.26. The van der Waals surface area contributed by atoms with E-state index in [1.54, 1.807) is 21.3 Å². The van der Waals surface area contributed by atoms with E-state index in [2.05, 4.69) is 12.1 Å². The third-order valence-corrected chi connectivity index (χ3v) is 6.57. The third kappa shape index (κ3) is 4.22. The van der Waals surface area contributed by atoms with Crippen molar-refractivity contribution in [1.29, 1.82) is 0 Å². The van der Waals surface area contributed by atoms with Crippen molar-refractivity contribution in [3.8, 4) is 17.2 Å². The SMILES string of the molecule is COc1ccc([C@@H]2[C@@H](c3ccccc3)N(c3ccc(OC)cc3)C(=O)N2c2ccc(OC)cc2)cc1. The van der Waals surface area contributed by atoms with Crippen molar-refractivity contribution in [2.75, 3.05) is 31.1 Å². The molecule has 1 saturated heterocycles. The standard InChI is InChI=1S/C30H28N2O4/c1-34-25-15-9-22(10-16-25)29-28(21-7-5-4-6-8-21)31(23-11-17-26(35-2)18-12-23)30(33)32(29)24-13-19-27(36-3)20-14-24/h4-20,28-29H,1-3H3/t28-,29-/m1/s1. The summed E-state index contributed by atoms with van der Waals surface area (Å²) in [6.45, 7) is 0. The van der Waals surface area contributed by atoms with Gasteiger partial charge >= 0.3 is 6.03 Å². The Balaban J connectivity index is 1.70. The smallest absolute Gasteiger partial charge is 0.330 e. The van der Waals surface area contributed by atoms with Gasteiger partial charge in [0.15, 0.2) is 0 Å². The molecular weight excluding hydrogens is 452 g/mol. The number of carbonyl (C=O) groups excluding carboxylic acids is 1. The second-order valence-corrected chi connectivity index (χ2v) is 8.49. The Hall–Kier alpha value is -4.45. The molecule has 5 rings (SSSR count). The molecular formula is C30H28N2O4. The maximum absolute atomic E-state index is 14.3. The lowest BCUT2D eigenvalue weighted by atomic mass is 9.92. The van der Waals surface area contributed by atoms with Crippen LogP contribution in [0.2, 0.25) is 0 Å². The zero-order chi connectivity index (χ0) is 25.1. The Morgan fingerprint density at radius 1 is 0.500 bits per heavy atom. The number of hydrogen-bond acceptors (Lipinski definition) is 4. The van der Waals surface area contributed by atoms with Crippen LogP contribution < -0.4 is 24.0 Å². The molecule has 2 amide bonds. The lowest BCUT2D eigenvalue weighted by Gasteiger charge is -2.29. The van der Waals surface area contributed by atoms with Crippen molar-refractivity contribution < 1.29 is 19.0 Å². The Labute approximate surface area is 211 Å². The summed E-state index contributed by atoms with van der Waals surface area (Å²) in [4.78, 5) is 18.0. The van der Waals surface area contributed by atoms with Gasteiger partial charge in [-0.05, 0) is 71.8 Å². The first-order chi connectivity index (χ1) is 17.6. The molecule has 0 unspecified atom stereocenters. The van der Waals surface area contributed by atoms with E-state index >= 15 is 0 Å². The summed E-state index contributed by atoms with van der Waals surface area (Å²) in [7, 11) is 4.91. The van der Waals surface area contributed by atoms with Gasteiger partial charge in [0.25, 0.3) is 0 Å². The highest BCUT2D eigenvalue weighted by Crippen LogP contribution is 2.49. The molecule has 0 bridgehead atoms. The first-order valence-electron chi connectivity index (χ1n) is 11.7. The zero-order valence-electron chi connectivity index (χ0n) is 20.5. The molecule has 36 heavy (non-hydrogen) atoms. The van der Waals surface area contributed by atoms with E-state index in [0.29, 0.717) is 0 Å². The third-order valence-electron chi connectivity index (χ3n) is 6.57. The van der Waals surface area contributed by atoms with Gasteiger partial charge < -0.3 is 14.2 Å². The van der Waals surface area contributed by atoms with Gasteiger partial charge in [-0.15, -0.1) is 0 Å². The van der Waals surface area contributed by atoms with Crippen LogP contribution in [-0.4, -0.2) is 27.4 Å². The quantitative estimate of drug-likeness (QED) is 0.297. The van der Waals surface area contributed by atoms with Crippen molar-refractivity contribution >= 4 is 17.4 Å². The van der Waals surface area contributed by atoms with E-state index in [-0.39, 0.29) is 18.1 Å². The van der Waals surface area contributed by atoms with Crippen LogP contribution in [0.25, 0.3) is 0 Å². The minimum atomic E-state index is -0.290. The molecule has 0 spiro atoms. The van der Waals surface area contributed by atoms with Gasteiger partial charge in [0.05, 0.1) is 33.4 Å². The van der Waals surface area contributed by atoms with E-state index in [9.17, 15) is 4.79 Å². The van der Waals surface area contributed by atoms with Gasteiger partial charge in [-0.1, -0.05) is 42.5 Å². The molecule has 0 aromatic heterocycles. The van der Waals surface area contributed by atoms with E-state index in [1.807, 2.05) is 101 Å². The maximum Gasteiger partial charge on any atom is 0.330 e. The second kappa shape index (κ2) is 10.0. The molecule has 0 N–H and O–H groups in total. The number of benzene rings is 4. The molecule has 182 valence electrons. The summed E-state index contributed by atoms with van der Waals surface area (Å²) in [5.74, 6) is 2.24. The summed E-state index contributed by atoms with van der Waals surface area (Å²) in [6, 6.07) is 32.6. The number of hydrogen-bond donors (Lipinski definition) is 0. The van der Waals surface area contributed by atoms with E-state index in [4.69, 9.17) is 14.2 Å². The van der Waals surface area contributed by atoms with Crippen molar-refractivity contribution in [3.05, 3.63) is 114 Å². The molecule has 6 heteroatoms. The number of nitrogens with zero attached hydrogens (tertiary/aromatic N) is 2. The first-order valence-corrected chi connectivity index (χ1v) is 11.7. The summed E-state index contributed by atoms with van der Waals surface area (Å²) in [5, 5.41) is 0. The predicted molar refractivity (Wildman–Crippen MR) is 141 cm³/mol. The normalized spacial score (nSPS) is 17.2. The number of amides is 2. The molecule has 0 radical (unpaired) electrons. The van der Waals surface area contributed by atoms with Crippen LogP contribution in [-0.2, 0) is 0 Å². The van der Waals surface area contributed by atoms with Crippen LogP contribution in [0.3, 0.4) is 0 Å². The zero-order valence-corrected chi connectivity index (χ0v) is 20.5. The number of urea groups is 1. The topological polar surface area (TPSA) is 51.2 Å². The van der Waals surface area contributed by atoms with Gasteiger partial charge in [0.1, 0.15) is 17.2 Å². The highest BCUT2D eigenvalue weighted by Gasteiger charge is 2.48. The van der Waals surface area contributed by atoms with Gasteiger partial charge in [0, 0.05) is 11.4 Å². The fourth-order valence-corrected chi connectivity index (χ4v) is 4.78. The Bertz CT molecular complexity index is 1310. The van der Waals surface area contributed by atoms with Gasteiger partial charge in [-0.2, -0.15) is 0 Å². The van der Waals surface area contributed by atoms with Crippen LogP contribution in [0.1, 0.15) is 23.2 Å². The molecule has 4 aromatic rings. The molecule has 1 aliphatic rings. The lowest BCUT2D eigenvalue weighted by molar-refractivity contribution is 0.255. The van der Waals surface area contributed by atoms with Gasteiger partial charge in [0.2, 0.25) is 0 Å². The first kappa shape index (κ1) is 23.3. The minimum absolute atomic E-state index is 0.111. The number of carbonyl (C=O) groups is 1. The van der Waals surface area contributed by atoms with Crippen LogP contribution in [0, 0.1) is 0 Å². The summed E-state index contributed by atoms with van der Waals surface area (Å²) in [6.07, 6.45) is 0.